The fraction of sp³-hybridized carbons (Fsp3) is 0.115. The molecule has 0 bridgehead atoms. The zero-order valence-corrected chi connectivity index (χ0v) is 19.6. The fourth-order valence-electron chi connectivity index (χ4n) is 3.73. The maximum atomic E-state index is 13.5. The van der Waals surface area contributed by atoms with Crippen molar-refractivity contribution >= 4 is 46.3 Å². The average Bonchev–Trinajstić information content (AvgIpc) is 3.14. The summed E-state index contributed by atoms with van der Waals surface area (Å²) in [6.45, 7) is 2.48. The van der Waals surface area contributed by atoms with Crippen LogP contribution in [0.25, 0.3) is 0 Å². The lowest BCUT2D eigenvalue weighted by molar-refractivity contribution is -0.115. The van der Waals surface area contributed by atoms with Crippen LogP contribution in [0.2, 0.25) is 0 Å². The second-order valence-electron chi connectivity index (χ2n) is 7.76. The summed E-state index contributed by atoms with van der Waals surface area (Å²) in [6.07, 6.45) is 2.09. The second kappa shape index (κ2) is 9.21. The van der Waals surface area contributed by atoms with Crippen LogP contribution >= 0.6 is 23.1 Å². The number of hydrogen-bond acceptors (Lipinski definition) is 5. The third kappa shape index (κ3) is 4.55. The van der Waals surface area contributed by atoms with E-state index in [-0.39, 0.29) is 11.8 Å². The van der Waals surface area contributed by atoms with Gasteiger partial charge in [0.25, 0.3) is 5.91 Å². The molecule has 0 spiro atoms. The van der Waals surface area contributed by atoms with E-state index < -0.39 is 0 Å². The van der Waals surface area contributed by atoms with E-state index in [2.05, 4.69) is 16.4 Å². The van der Waals surface area contributed by atoms with Crippen molar-refractivity contribution in [1.29, 1.82) is 0 Å². The summed E-state index contributed by atoms with van der Waals surface area (Å²) in [6, 6.07) is 20.9. The van der Waals surface area contributed by atoms with Crippen molar-refractivity contribution in [2.24, 2.45) is 0 Å². The summed E-state index contributed by atoms with van der Waals surface area (Å²) in [7, 11) is 0. The first-order valence-electron chi connectivity index (χ1n) is 10.5. The quantitative estimate of drug-likeness (QED) is 0.400. The van der Waals surface area contributed by atoms with E-state index in [1.807, 2.05) is 48.7 Å². The Balaban J connectivity index is 1.36. The summed E-state index contributed by atoms with van der Waals surface area (Å²) >= 11 is 3.16. The monoisotopic (exact) mass is 471 g/mol. The van der Waals surface area contributed by atoms with E-state index in [4.69, 9.17) is 0 Å². The number of aromatic nitrogens is 1. The van der Waals surface area contributed by atoms with Crippen LogP contribution in [0.5, 0.6) is 0 Å². The standard InChI is InChI=1S/C26H21N3O2S2/c1-17-12-14-32-23(17)15-24(30)28-20-10-8-18(9-11-20)26(31)29-16-19-5-2-3-7-22(19)33-25-21(29)6-4-13-27-25/h2-14H,15-16H2,1H3,(H,28,30). The van der Waals surface area contributed by atoms with Crippen LogP contribution in [0.3, 0.4) is 0 Å². The van der Waals surface area contributed by atoms with Gasteiger partial charge in [-0.2, -0.15) is 0 Å². The normalized spacial score (nSPS) is 12.5. The second-order valence-corrected chi connectivity index (χ2v) is 9.79. The molecular formula is C26H21N3O2S2. The molecule has 0 saturated carbocycles. The summed E-state index contributed by atoms with van der Waals surface area (Å²) in [5.41, 5.74) is 4.24. The van der Waals surface area contributed by atoms with Gasteiger partial charge in [0.15, 0.2) is 0 Å². The van der Waals surface area contributed by atoms with Gasteiger partial charge in [-0.3, -0.25) is 9.59 Å². The van der Waals surface area contributed by atoms with Gasteiger partial charge in [-0.25, -0.2) is 4.98 Å². The van der Waals surface area contributed by atoms with Gasteiger partial charge in [-0.05, 0) is 72.0 Å². The molecule has 164 valence electrons. The average molecular weight is 472 g/mol. The number of anilines is 2. The van der Waals surface area contributed by atoms with E-state index in [0.29, 0.717) is 24.2 Å². The van der Waals surface area contributed by atoms with E-state index in [0.717, 1.165) is 31.6 Å². The number of carbonyl (C=O) groups excluding carboxylic acids is 2. The Morgan fingerprint density at radius 3 is 2.64 bits per heavy atom. The molecule has 1 aliphatic rings. The summed E-state index contributed by atoms with van der Waals surface area (Å²) in [4.78, 5) is 34.4. The number of hydrogen-bond donors (Lipinski definition) is 1. The predicted molar refractivity (Wildman–Crippen MR) is 133 cm³/mol. The van der Waals surface area contributed by atoms with Crippen molar-refractivity contribution < 1.29 is 9.59 Å². The Morgan fingerprint density at radius 2 is 1.85 bits per heavy atom. The smallest absolute Gasteiger partial charge is 0.258 e. The highest BCUT2D eigenvalue weighted by atomic mass is 32.2. The molecule has 4 aromatic rings. The highest BCUT2D eigenvalue weighted by molar-refractivity contribution is 7.99. The number of amides is 2. The molecule has 3 heterocycles. The molecule has 7 heteroatoms. The molecule has 1 aliphatic heterocycles. The number of nitrogens with one attached hydrogen (secondary N) is 1. The summed E-state index contributed by atoms with van der Waals surface area (Å²) in [5, 5.41) is 5.72. The summed E-state index contributed by atoms with van der Waals surface area (Å²) < 4.78 is 0. The van der Waals surface area contributed by atoms with Gasteiger partial charge in [0, 0.05) is 27.2 Å². The first kappa shape index (κ1) is 21.4. The van der Waals surface area contributed by atoms with Crippen molar-refractivity contribution in [2.75, 3.05) is 10.2 Å². The van der Waals surface area contributed by atoms with Crippen molar-refractivity contribution in [3.8, 4) is 0 Å². The first-order valence-corrected chi connectivity index (χ1v) is 12.2. The zero-order valence-electron chi connectivity index (χ0n) is 17.9. The van der Waals surface area contributed by atoms with Crippen molar-refractivity contribution in [3.63, 3.8) is 0 Å². The highest BCUT2D eigenvalue weighted by Crippen LogP contribution is 2.40. The molecular weight excluding hydrogens is 450 g/mol. The van der Waals surface area contributed by atoms with Gasteiger partial charge in [0.1, 0.15) is 5.03 Å². The molecule has 1 N–H and O–H groups in total. The highest BCUT2D eigenvalue weighted by Gasteiger charge is 2.26. The molecule has 5 rings (SSSR count). The first-order chi connectivity index (χ1) is 16.1. The lowest BCUT2D eigenvalue weighted by Crippen LogP contribution is -2.30. The van der Waals surface area contributed by atoms with Gasteiger partial charge in [0.2, 0.25) is 5.91 Å². The number of carbonyl (C=O) groups is 2. The van der Waals surface area contributed by atoms with Crippen LogP contribution in [-0.2, 0) is 17.8 Å². The molecule has 0 fully saturated rings. The van der Waals surface area contributed by atoms with Gasteiger partial charge < -0.3 is 10.2 Å². The van der Waals surface area contributed by atoms with Crippen LogP contribution < -0.4 is 10.2 Å². The minimum Gasteiger partial charge on any atom is -0.326 e. The Kier molecular flexibility index (Phi) is 5.98. The topological polar surface area (TPSA) is 62.3 Å². The predicted octanol–water partition coefficient (Wildman–Crippen LogP) is 5.94. The number of thiophene rings is 1. The molecule has 0 unspecified atom stereocenters. The van der Waals surface area contributed by atoms with Crippen molar-refractivity contribution in [2.45, 2.75) is 29.8 Å². The maximum absolute atomic E-state index is 13.5. The third-order valence-electron chi connectivity index (χ3n) is 5.50. The van der Waals surface area contributed by atoms with E-state index in [1.165, 1.54) is 0 Å². The summed E-state index contributed by atoms with van der Waals surface area (Å²) in [5.74, 6) is -0.172. The van der Waals surface area contributed by atoms with Crippen molar-refractivity contribution in [3.05, 3.63) is 99.9 Å². The Morgan fingerprint density at radius 1 is 1.03 bits per heavy atom. The Labute approximate surface area is 200 Å². The number of fused-ring (bicyclic) bond motifs is 2. The Bertz CT molecular complexity index is 1330. The molecule has 2 aromatic carbocycles. The fourth-order valence-corrected chi connectivity index (χ4v) is 5.65. The van der Waals surface area contributed by atoms with Crippen LogP contribution in [0.1, 0.15) is 26.4 Å². The van der Waals surface area contributed by atoms with Crippen LogP contribution in [0, 0.1) is 6.92 Å². The van der Waals surface area contributed by atoms with E-state index in [9.17, 15) is 9.59 Å². The van der Waals surface area contributed by atoms with Crippen LogP contribution in [0.15, 0.2) is 88.2 Å². The lowest BCUT2D eigenvalue weighted by Gasteiger charge is -2.22. The van der Waals surface area contributed by atoms with Crippen molar-refractivity contribution in [1.82, 2.24) is 4.98 Å². The van der Waals surface area contributed by atoms with Crippen LogP contribution in [-0.4, -0.2) is 16.8 Å². The molecule has 0 atom stereocenters. The number of benzene rings is 2. The molecule has 33 heavy (non-hydrogen) atoms. The number of rotatable bonds is 4. The van der Waals surface area contributed by atoms with Gasteiger partial charge in [-0.15, -0.1) is 11.3 Å². The van der Waals surface area contributed by atoms with E-state index in [1.54, 1.807) is 58.5 Å². The number of nitrogens with zero attached hydrogens (tertiary/aromatic N) is 2. The minimum absolute atomic E-state index is 0.0687. The Hall–Kier alpha value is -3.42. The molecule has 2 aromatic heterocycles. The molecule has 0 saturated heterocycles. The third-order valence-corrected chi connectivity index (χ3v) is 7.65. The lowest BCUT2D eigenvalue weighted by atomic mass is 10.1. The molecule has 0 aliphatic carbocycles. The van der Waals surface area contributed by atoms with Gasteiger partial charge in [-0.1, -0.05) is 30.0 Å². The number of pyridine rings is 1. The van der Waals surface area contributed by atoms with Gasteiger partial charge >= 0.3 is 0 Å². The zero-order chi connectivity index (χ0) is 22.8. The van der Waals surface area contributed by atoms with E-state index >= 15 is 0 Å². The molecule has 2 amide bonds. The van der Waals surface area contributed by atoms with Crippen LogP contribution in [0.4, 0.5) is 11.4 Å². The largest absolute Gasteiger partial charge is 0.326 e. The molecule has 0 radical (unpaired) electrons. The minimum atomic E-state index is -0.103. The molecule has 5 nitrogen and oxygen atoms in total. The van der Waals surface area contributed by atoms with Gasteiger partial charge in [0.05, 0.1) is 18.7 Å². The SMILES string of the molecule is Cc1ccsc1CC(=O)Nc1ccc(C(=O)N2Cc3ccccc3Sc3ncccc32)cc1. The maximum Gasteiger partial charge on any atom is 0.258 e. The number of aryl methyl sites for hydroxylation is 1.